The van der Waals surface area contributed by atoms with Gasteiger partial charge in [0.1, 0.15) is 5.01 Å². The Kier molecular flexibility index (Phi) is 6.45. The normalized spacial score (nSPS) is 22.4. The van der Waals surface area contributed by atoms with Gasteiger partial charge in [-0.1, -0.05) is 54.6 Å². The summed E-state index contributed by atoms with van der Waals surface area (Å²) in [6.07, 6.45) is 4.94. The highest BCUT2D eigenvalue weighted by molar-refractivity contribution is 7.19. The summed E-state index contributed by atoms with van der Waals surface area (Å²) < 4.78 is 7.46. The average Bonchev–Trinajstić information content (AvgIpc) is 3.56. The van der Waals surface area contributed by atoms with E-state index in [-0.39, 0.29) is 6.10 Å². The first-order valence-electron chi connectivity index (χ1n) is 12.5. The highest BCUT2D eigenvalue weighted by Gasteiger charge is 2.41. The average molecular weight is 502 g/mol. The molecule has 2 aliphatic rings. The molecule has 1 aliphatic carbocycles. The van der Waals surface area contributed by atoms with Gasteiger partial charge in [0.2, 0.25) is 0 Å². The van der Waals surface area contributed by atoms with Crippen LogP contribution in [0.3, 0.4) is 0 Å². The molecule has 0 atom stereocenters. The Morgan fingerprint density at radius 1 is 0.972 bits per heavy atom. The topological polar surface area (TPSA) is 89.4 Å². The van der Waals surface area contributed by atoms with Gasteiger partial charge in [0.05, 0.1) is 42.6 Å². The Balaban J connectivity index is 1.28. The van der Waals surface area contributed by atoms with E-state index in [2.05, 4.69) is 64.7 Å². The lowest BCUT2D eigenvalue weighted by Gasteiger charge is -2.42. The lowest BCUT2D eigenvalue weighted by atomic mass is 9.70. The molecule has 2 aromatic carbocycles. The predicted octanol–water partition coefficient (Wildman–Crippen LogP) is 3.98. The van der Waals surface area contributed by atoms with Gasteiger partial charge in [-0.15, -0.1) is 11.3 Å². The van der Waals surface area contributed by atoms with Crippen molar-refractivity contribution < 1.29 is 9.84 Å². The minimum Gasteiger partial charge on any atom is -0.393 e. The Labute approximate surface area is 215 Å². The van der Waals surface area contributed by atoms with E-state index in [1.165, 1.54) is 0 Å². The van der Waals surface area contributed by atoms with Gasteiger partial charge in [-0.05, 0) is 24.0 Å². The Bertz CT molecular complexity index is 1310. The molecule has 36 heavy (non-hydrogen) atoms. The second kappa shape index (κ2) is 9.88. The smallest absolute Gasteiger partial charge is 0.127 e. The van der Waals surface area contributed by atoms with Crippen LogP contribution in [0.5, 0.6) is 0 Å². The molecule has 1 aliphatic heterocycles. The molecule has 0 bridgehead atoms. The number of aromatic nitrogens is 3. The van der Waals surface area contributed by atoms with Gasteiger partial charge >= 0.3 is 0 Å². The summed E-state index contributed by atoms with van der Waals surface area (Å²) in [5.41, 5.74) is 11.3. The zero-order valence-corrected chi connectivity index (χ0v) is 21.0. The summed E-state index contributed by atoms with van der Waals surface area (Å²) in [5.74, 6) is 0. The summed E-state index contributed by atoms with van der Waals surface area (Å²) in [5, 5.41) is 15.3. The van der Waals surface area contributed by atoms with Crippen molar-refractivity contribution in [2.75, 3.05) is 32.8 Å². The second-order valence-electron chi connectivity index (χ2n) is 9.80. The first-order valence-corrected chi connectivity index (χ1v) is 13.4. The quantitative estimate of drug-likeness (QED) is 0.398. The van der Waals surface area contributed by atoms with Gasteiger partial charge < -0.3 is 15.6 Å². The summed E-state index contributed by atoms with van der Waals surface area (Å²) in [6.45, 7) is 5.40. The van der Waals surface area contributed by atoms with E-state index in [0.717, 1.165) is 77.2 Å². The first kappa shape index (κ1) is 23.5. The van der Waals surface area contributed by atoms with Crippen LogP contribution in [0.15, 0.2) is 67.0 Å². The van der Waals surface area contributed by atoms with Crippen LogP contribution in [0.1, 0.15) is 18.4 Å². The highest BCUT2D eigenvalue weighted by Crippen LogP contribution is 2.42. The summed E-state index contributed by atoms with van der Waals surface area (Å²) in [6, 6.07) is 18.8. The third kappa shape index (κ3) is 4.75. The zero-order chi connectivity index (χ0) is 24.5. The largest absolute Gasteiger partial charge is 0.393 e. The van der Waals surface area contributed by atoms with E-state index in [1.807, 2.05) is 16.9 Å². The Hall–Kier alpha value is -2.88. The van der Waals surface area contributed by atoms with Crippen LogP contribution in [0, 0.1) is 0 Å². The van der Waals surface area contributed by atoms with Crippen molar-refractivity contribution in [1.82, 2.24) is 19.7 Å². The van der Waals surface area contributed by atoms with Crippen molar-refractivity contribution >= 4 is 11.3 Å². The van der Waals surface area contributed by atoms with E-state index in [1.54, 1.807) is 11.3 Å². The van der Waals surface area contributed by atoms with Gasteiger partial charge in [0, 0.05) is 42.5 Å². The van der Waals surface area contributed by atoms with E-state index in [9.17, 15) is 5.11 Å². The first-order chi connectivity index (χ1) is 17.6. The van der Waals surface area contributed by atoms with Gasteiger partial charge in [0.15, 0.2) is 0 Å². The predicted molar refractivity (Wildman–Crippen MR) is 143 cm³/mol. The van der Waals surface area contributed by atoms with Crippen molar-refractivity contribution in [1.29, 1.82) is 0 Å². The number of aliphatic hydroxyl groups excluding tert-OH is 1. The maximum Gasteiger partial charge on any atom is 0.127 e. The Morgan fingerprint density at radius 2 is 1.72 bits per heavy atom. The molecule has 6 rings (SSSR count). The molecule has 0 amide bonds. The minimum atomic E-state index is -0.427. The number of rotatable bonds is 7. The third-order valence-corrected chi connectivity index (χ3v) is 8.38. The summed E-state index contributed by atoms with van der Waals surface area (Å²) in [4.78, 5) is 8.65. The number of ether oxygens (including phenoxy) is 1. The van der Waals surface area contributed by atoms with Gasteiger partial charge in [-0.3, -0.25) is 9.58 Å². The highest BCUT2D eigenvalue weighted by atomic mass is 32.1. The third-order valence-electron chi connectivity index (χ3n) is 7.23. The summed E-state index contributed by atoms with van der Waals surface area (Å²) >= 11 is 1.70. The fourth-order valence-corrected chi connectivity index (χ4v) is 6.13. The van der Waals surface area contributed by atoms with Crippen LogP contribution in [0.25, 0.3) is 32.3 Å². The molecular weight excluding hydrogens is 470 g/mol. The molecule has 0 radical (unpaired) electrons. The van der Waals surface area contributed by atoms with Crippen molar-refractivity contribution in [3.05, 3.63) is 72.6 Å². The number of morpholine rings is 1. The van der Waals surface area contributed by atoms with E-state index in [0.29, 0.717) is 12.8 Å². The molecule has 0 spiro atoms. The number of thiazole rings is 1. The number of aliphatic hydroxyl groups is 1. The van der Waals surface area contributed by atoms with Crippen molar-refractivity contribution in [3.63, 3.8) is 0 Å². The molecule has 7 nitrogen and oxygen atoms in total. The second-order valence-corrected chi connectivity index (χ2v) is 10.8. The van der Waals surface area contributed by atoms with Gasteiger partial charge in [-0.25, -0.2) is 4.98 Å². The Morgan fingerprint density at radius 3 is 2.44 bits per heavy atom. The summed E-state index contributed by atoms with van der Waals surface area (Å²) in [7, 11) is 0. The van der Waals surface area contributed by atoms with Crippen LogP contribution in [0.2, 0.25) is 0 Å². The molecule has 3 N–H and O–H groups in total. The van der Waals surface area contributed by atoms with Crippen molar-refractivity contribution in [2.45, 2.75) is 31.0 Å². The lowest BCUT2D eigenvalue weighted by Crippen LogP contribution is -2.51. The number of nitrogens with zero attached hydrogens (tertiary/aromatic N) is 4. The van der Waals surface area contributed by atoms with Gasteiger partial charge in [-0.2, -0.15) is 5.10 Å². The SMILES string of the molecule is NC1(c2ccc(-c3nc(-c4cnn(CCN5CCOCC5)c4)sc3-c3ccccc3)cc2)CC(O)C1. The number of nitrogens with two attached hydrogens (primary N) is 1. The van der Waals surface area contributed by atoms with E-state index >= 15 is 0 Å². The van der Waals surface area contributed by atoms with Crippen LogP contribution in [-0.4, -0.2) is 63.7 Å². The molecule has 0 unspecified atom stereocenters. The maximum atomic E-state index is 9.75. The molecule has 186 valence electrons. The van der Waals surface area contributed by atoms with Crippen molar-refractivity contribution in [2.24, 2.45) is 5.73 Å². The fourth-order valence-electron chi connectivity index (χ4n) is 5.07. The zero-order valence-electron chi connectivity index (χ0n) is 20.2. The number of hydrogen-bond acceptors (Lipinski definition) is 7. The molecule has 4 aromatic rings. The van der Waals surface area contributed by atoms with Crippen LogP contribution < -0.4 is 5.73 Å². The van der Waals surface area contributed by atoms with Crippen LogP contribution >= 0.6 is 11.3 Å². The van der Waals surface area contributed by atoms with Crippen LogP contribution in [-0.2, 0) is 16.8 Å². The molecule has 8 heteroatoms. The molecule has 2 aromatic heterocycles. The minimum absolute atomic E-state index is 0.296. The van der Waals surface area contributed by atoms with E-state index < -0.39 is 5.54 Å². The number of benzene rings is 2. The van der Waals surface area contributed by atoms with E-state index in [4.69, 9.17) is 15.5 Å². The maximum absolute atomic E-state index is 9.75. The molecule has 1 saturated heterocycles. The standard InChI is InChI=1S/C28H31N5O2S/c29-28(16-24(34)17-28)23-8-6-20(7-9-23)25-26(21-4-2-1-3-5-21)36-27(31-25)22-18-30-33(19-22)11-10-32-12-14-35-15-13-32/h1-9,18-19,24,34H,10-17,29H2. The fraction of sp³-hybridized carbons (Fsp3) is 0.357. The molecule has 1 saturated carbocycles. The molecule has 3 heterocycles. The van der Waals surface area contributed by atoms with Crippen molar-refractivity contribution in [3.8, 4) is 32.3 Å². The molecular formula is C28H31N5O2S. The monoisotopic (exact) mass is 501 g/mol. The molecule has 2 fully saturated rings. The van der Waals surface area contributed by atoms with Crippen LogP contribution in [0.4, 0.5) is 0 Å². The lowest BCUT2D eigenvalue weighted by molar-refractivity contribution is 0.0209. The number of hydrogen-bond donors (Lipinski definition) is 2. The van der Waals surface area contributed by atoms with Gasteiger partial charge in [0.25, 0.3) is 0 Å².